The van der Waals surface area contributed by atoms with Crippen molar-refractivity contribution in [1.29, 1.82) is 0 Å². The summed E-state index contributed by atoms with van der Waals surface area (Å²) in [6.45, 7) is 2.87. The molecule has 148 valence electrons. The number of amides is 1. The van der Waals surface area contributed by atoms with Crippen LogP contribution in [0.4, 0.5) is 10.1 Å². The van der Waals surface area contributed by atoms with Crippen molar-refractivity contribution in [2.45, 2.75) is 37.9 Å². The number of methoxy groups -OCH3 is 1. The van der Waals surface area contributed by atoms with Crippen LogP contribution in [-0.4, -0.2) is 36.5 Å². The third kappa shape index (κ3) is 3.97. The summed E-state index contributed by atoms with van der Waals surface area (Å²) in [7, 11) is 1.61. The highest BCUT2D eigenvalue weighted by Crippen LogP contribution is 2.34. The highest BCUT2D eigenvalue weighted by molar-refractivity contribution is 5.79. The van der Waals surface area contributed by atoms with Crippen LogP contribution in [0.25, 0.3) is 0 Å². The number of likely N-dealkylation sites (tertiary alicyclic amines) is 1. The van der Waals surface area contributed by atoms with E-state index < -0.39 is 0 Å². The largest absolute Gasteiger partial charge is 0.496 e. The van der Waals surface area contributed by atoms with Gasteiger partial charge in [0.1, 0.15) is 11.6 Å². The third-order valence-corrected chi connectivity index (χ3v) is 5.84. The summed E-state index contributed by atoms with van der Waals surface area (Å²) in [6, 6.07) is 12.8. The minimum absolute atomic E-state index is 0.0854. The van der Waals surface area contributed by atoms with Gasteiger partial charge in [-0.1, -0.05) is 18.2 Å². The topological polar surface area (TPSA) is 53.6 Å². The number of hydrogen-bond acceptors (Lipinski definition) is 4. The Morgan fingerprint density at radius 3 is 2.75 bits per heavy atom. The van der Waals surface area contributed by atoms with Crippen molar-refractivity contribution in [1.82, 2.24) is 10.2 Å². The van der Waals surface area contributed by atoms with E-state index in [0.717, 1.165) is 42.7 Å². The molecule has 1 fully saturated rings. The van der Waals surface area contributed by atoms with E-state index in [1.54, 1.807) is 19.2 Å². The molecule has 0 aromatic heterocycles. The molecule has 2 heterocycles. The monoisotopic (exact) mass is 383 g/mol. The molecule has 28 heavy (non-hydrogen) atoms. The fourth-order valence-corrected chi connectivity index (χ4v) is 4.24. The molecular formula is C22H26FN3O2. The molecule has 0 radical (unpaired) electrons. The summed E-state index contributed by atoms with van der Waals surface area (Å²) in [5.41, 5.74) is 2.82. The Morgan fingerprint density at radius 1 is 1.18 bits per heavy atom. The Balaban J connectivity index is 1.48. The molecule has 1 amide bonds. The van der Waals surface area contributed by atoms with Gasteiger partial charge in [0.05, 0.1) is 7.11 Å². The van der Waals surface area contributed by atoms with Crippen LogP contribution in [0.2, 0.25) is 0 Å². The van der Waals surface area contributed by atoms with Crippen LogP contribution in [0.3, 0.4) is 0 Å². The number of halogens is 1. The number of piperidine rings is 1. The first kappa shape index (κ1) is 18.7. The van der Waals surface area contributed by atoms with Gasteiger partial charge in [-0.05, 0) is 42.7 Å². The molecule has 0 aliphatic carbocycles. The molecule has 0 atom stereocenters. The third-order valence-electron chi connectivity index (χ3n) is 5.84. The predicted octanol–water partition coefficient (Wildman–Crippen LogP) is 3.30. The van der Waals surface area contributed by atoms with Crippen LogP contribution < -0.4 is 15.4 Å². The number of benzene rings is 2. The highest BCUT2D eigenvalue weighted by atomic mass is 19.1. The predicted molar refractivity (Wildman–Crippen MR) is 107 cm³/mol. The van der Waals surface area contributed by atoms with E-state index in [9.17, 15) is 9.18 Å². The van der Waals surface area contributed by atoms with E-state index in [1.165, 1.54) is 6.07 Å². The quantitative estimate of drug-likeness (QED) is 0.854. The van der Waals surface area contributed by atoms with Gasteiger partial charge in [-0.25, -0.2) is 4.39 Å². The molecule has 6 heteroatoms. The lowest BCUT2D eigenvalue weighted by atomic mass is 9.82. The summed E-state index contributed by atoms with van der Waals surface area (Å²) in [4.78, 5) is 14.7. The normalized spacial score (nSPS) is 19.1. The summed E-state index contributed by atoms with van der Waals surface area (Å²) in [5, 5.41) is 6.72. The first-order valence-corrected chi connectivity index (χ1v) is 9.74. The zero-order chi connectivity index (χ0) is 19.6. The number of nitrogens with one attached hydrogen (secondary N) is 2. The Hall–Kier alpha value is -2.60. The van der Waals surface area contributed by atoms with Gasteiger partial charge in [-0.2, -0.15) is 0 Å². The summed E-state index contributed by atoms with van der Waals surface area (Å²) in [5.74, 6) is 0.542. The van der Waals surface area contributed by atoms with Crippen molar-refractivity contribution >= 4 is 11.6 Å². The molecule has 0 bridgehead atoms. The SMILES string of the molecule is COc1ccc(F)cc1CN1CCC2(CC1)CC(=O)NCc1ccccc1N2. The molecule has 2 N–H and O–H groups in total. The lowest BCUT2D eigenvalue weighted by Crippen LogP contribution is -2.52. The second kappa shape index (κ2) is 7.80. The van der Waals surface area contributed by atoms with Gasteiger partial charge >= 0.3 is 0 Å². The number of anilines is 1. The maximum Gasteiger partial charge on any atom is 0.222 e. The lowest BCUT2D eigenvalue weighted by Gasteiger charge is -2.44. The molecule has 4 rings (SSSR count). The summed E-state index contributed by atoms with van der Waals surface area (Å²) in [6.07, 6.45) is 2.18. The van der Waals surface area contributed by atoms with Crippen LogP contribution in [0.5, 0.6) is 5.75 Å². The second-order valence-electron chi connectivity index (χ2n) is 7.75. The Morgan fingerprint density at radius 2 is 1.96 bits per heavy atom. The number of carbonyl (C=O) groups is 1. The minimum atomic E-state index is -0.251. The van der Waals surface area contributed by atoms with E-state index in [2.05, 4.69) is 21.6 Å². The maximum absolute atomic E-state index is 13.7. The molecule has 2 aromatic carbocycles. The number of rotatable bonds is 3. The van der Waals surface area contributed by atoms with Crippen molar-refractivity contribution in [3.63, 3.8) is 0 Å². The van der Waals surface area contributed by atoms with Gasteiger partial charge in [0.25, 0.3) is 0 Å². The number of fused-ring (bicyclic) bond motifs is 1. The summed E-state index contributed by atoms with van der Waals surface area (Å²) < 4.78 is 19.0. The standard InChI is InChI=1S/C22H26FN3O2/c1-28-20-7-6-18(23)12-17(20)15-26-10-8-22(9-11-26)13-21(27)24-14-16-4-2-3-5-19(16)25-22/h2-7,12,25H,8-11,13-15H2,1H3,(H,24,27). The number of hydrogen-bond donors (Lipinski definition) is 2. The fraction of sp³-hybridized carbons (Fsp3) is 0.409. The molecule has 0 unspecified atom stereocenters. The molecule has 1 saturated heterocycles. The first-order chi connectivity index (χ1) is 13.6. The number of nitrogens with zero attached hydrogens (tertiary/aromatic N) is 1. The van der Waals surface area contributed by atoms with E-state index in [-0.39, 0.29) is 17.3 Å². The van der Waals surface area contributed by atoms with Crippen LogP contribution in [0.1, 0.15) is 30.4 Å². The van der Waals surface area contributed by atoms with Crippen molar-refractivity contribution in [2.75, 3.05) is 25.5 Å². The van der Waals surface area contributed by atoms with Crippen molar-refractivity contribution < 1.29 is 13.9 Å². The van der Waals surface area contributed by atoms with Gasteiger partial charge in [-0.15, -0.1) is 0 Å². The van der Waals surface area contributed by atoms with E-state index in [0.29, 0.717) is 25.3 Å². The van der Waals surface area contributed by atoms with E-state index in [4.69, 9.17) is 4.74 Å². The van der Waals surface area contributed by atoms with Gasteiger partial charge in [0.2, 0.25) is 5.91 Å². The first-order valence-electron chi connectivity index (χ1n) is 9.74. The molecule has 1 spiro atoms. The Labute approximate surface area is 164 Å². The second-order valence-corrected chi connectivity index (χ2v) is 7.75. The smallest absolute Gasteiger partial charge is 0.222 e. The highest BCUT2D eigenvalue weighted by Gasteiger charge is 2.38. The molecule has 5 nitrogen and oxygen atoms in total. The average molecular weight is 383 g/mol. The Kier molecular flexibility index (Phi) is 5.22. The lowest BCUT2D eigenvalue weighted by molar-refractivity contribution is -0.122. The van der Waals surface area contributed by atoms with Gasteiger partial charge in [0.15, 0.2) is 0 Å². The van der Waals surface area contributed by atoms with Crippen molar-refractivity contribution in [3.05, 3.63) is 59.4 Å². The van der Waals surface area contributed by atoms with E-state index in [1.807, 2.05) is 18.2 Å². The maximum atomic E-state index is 13.7. The van der Waals surface area contributed by atoms with Gasteiger partial charge < -0.3 is 15.4 Å². The minimum Gasteiger partial charge on any atom is -0.496 e. The molecule has 2 aromatic rings. The van der Waals surface area contributed by atoms with Crippen LogP contribution >= 0.6 is 0 Å². The van der Waals surface area contributed by atoms with Crippen molar-refractivity contribution in [2.24, 2.45) is 0 Å². The van der Waals surface area contributed by atoms with Gasteiger partial charge in [-0.3, -0.25) is 9.69 Å². The zero-order valence-corrected chi connectivity index (χ0v) is 16.1. The number of carbonyl (C=O) groups excluding carboxylic acids is 1. The van der Waals surface area contributed by atoms with Crippen molar-refractivity contribution in [3.8, 4) is 5.75 Å². The molecular weight excluding hydrogens is 357 g/mol. The van der Waals surface area contributed by atoms with Crippen LogP contribution in [0.15, 0.2) is 42.5 Å². The average Bonchev–Trinajstić information content (AvgIpc) is 2.68. The van der Waals surface area contributed by atoms with E-state index >= 15 is 0 Å². The molecule has 2 aliphatic heterocycles. The molecule has 0 saturated carbocycles. The van der Waals surface area contributed by atoms with Crippen LogP contribution in [0, 0.1) is 5.82 Å². The zero-order valence-electron chi connectivity index (χ0n) is 16.1. The number of para-hydroxylation sites is 1. The fourth-order valence-electron chi connectivity index (χ4n) is 4.24. The van der Waals surface area contributed by atoms with Gasteiger partial charge in [0, 0.05) is 49.4 Å². The number of ether oxygens (including phenoxy) is 1. The molecule has 2 aliphatic rings. The van der Waals surface area contributed by atoms with Crippen LogP contribution in [-0.2, 0) is 17.9 Å². The Bertz CT molecular complexity index is 863. The summed E-state index contributed by atoms with van der Waals surface area (Å²) >= 11 is 0.